The summed E-state index contributed by atoms with van der Waals surface area (Å²) >= 11 is 0. The van der Waals surface area contributed by atoms with Crippen LogP contribution in [0.25, 0.3) is 0 Å². The summed E-state index contributed by atoms with van der Waals surface area (Å²) in [5, 5.41) is 11.5. The fourth-order valence-corrected chi connectivity index (χ4v) is 5.06. The van der Waals surface area contributed by atoms with E-state index in [1.54, 1.807) is 12.1 Å². The van der Waals surface area contributed by atoms with Crippen molar-refractivity contribution in [3.8, 4) is 0 Å². The van der Waals surface area contributed by atoms with Crippen LogP contribution in [0.3, 0.4) is 0 Å². The fraction of sp³-hybridized carbons (Fsp3) is 0.407. The summed E-state index contributed by atoms with van der Waals surface area (Å²) in [7, 11) is 0. The van der Waals surface area contributed by atoms with Crippen molar-refractivity contribution in [2.24, 2.45) is 0 Å². The molecule has 0 aliphatic carbocycles. The highest BCUT2D eigenvalue weighted by atomic mass is 19.1. The van der Waals surface area contributed by atoms with Gasteiger partial charge in [0.2, 0.25) is 0 Å². The summed E-state index contributed by atoms with van der Waals surface area (Å²) in [4.78, 5) is 13.7. The van der Waals surface area contributed by atoms with Crippen molar-refractivity contribution in [1.82, 2.24) is 15.1 Å². The average Bonchev–Trinajstić information content (AvgIpc) is 3.15. The third kappa shape index (κ3) is 4.03. The van der Waals surface area contributed by atoms with Gasteiger partial charge in [0.15, 0.2) is 0 Å². The van der Waals surface area contributed by atoms with Crippen molar-refractivity contribution < 1.29 is 9.18 Å². The topological polar surface area (TPSA) is 59.0 Å². The van der Waals surface area contributed by atoms with E-state index in [4.69, 9.17) is 5.10 Å². The number of nitrogens with one attached hydrogen (secondary N) is 2. The van der Waals surface area contributed by atoms with Gasteiger partial charge in [0, 0.05) is 5.56 Å². The van der Waals surface area contributed by atoms with E-state index in [1.165, 1.54) is 6.07 Å². The number of hydrogen-bond donors (Lipinski definition) is 2. The SMILES string of the molecule is CCC(CC)(NC(=O)c1c(C)nn2c1NC(c1ccccc1F)CC2(C)C)c1ccccc1. The lowest BCUT2D eigenvalue weighted by atomic mass is 9.84. The molecule has 0 saturated heterocycles. The monoisotopic (exact) mass is 448 g/mol. The van der Waals surface area contributed by atoms with Gasteiger partial charge < -0.3 is 10.6 Å². The van der Waals surface area contributed by atoms with Crippen molar-refractivity contribution >= 4 is 11.7 Å². The summed E-state index contributed by atoms with van der Waals surface area (Å²) < 4.78 is 16.5. The zero-order chi connectivity index (χ0) is 23.8. The number of benzene rings is 2. The first kappa shape index (κ1) is 23.0. The van der Waals surface area contributed by atoms with Crippen LogP contribution in [0.2, 0.25) is 0 Å². The van der Waals surface area contributed by atoms with Gasteiger partial charge in [0.25, 0.3) is 5.91 Å². The van der Waals surface area contributed by atoms with Gasteiger partial charge in [-0.2, -0.15) is 5.10 Å². The Hall–Kier alpha value is -3.15. The molecule has 3 aromatic rings. The summed E-state index contributed by atoms with van der Waals surface area (Å²) in [6.07, 6.45) is 2.18. The second kappa shape index (κ2) is 8.65. The van der Waals surface area contributed by atoms with E-state index < -0.39 is 5.54 Å². The van der Waals surface area contributed by atoms with Gasteiger partial charge >= 0.3 is 0 Å². The minimum absolute atomic E-state index is 0.168. The van der Waals surface area contributed by atoms with Crippen molar-refractivity contribution in [2.45, 2.75) is 71.0 Å². The number of aryl methyl sites for hydroxylation is 1. The summed E-state index contributed by atoms with van der Waals surface area (Å²) in [6.45, 7) is 10.2. The van der Waals surface area contributed by atoms with Gasteiger partial charge in [0.05, 0.1) is 22.8 Å². The Balaban J connectivity index is 1.74. The van der Waals surface area contributed by atoms with Crippen molar-refractivity contribution in [3.63, 3.8) is 0 Å². The summed E-state index contributed by atoms with van der Waals surface area (Å²) in [5.41, 5.74) is 2.00. The predicted molar refractivity (Wildman–Crippen MR) is 130 cm³/mol. The van der Waals surface area contributed by atoms with Gasteiger partial charge in [-0.1, -0.05) is 62.4 Å². The number of aromatic nitrogens is 2. The Morgan fingerprint density at radius 3 is 2.42 bits per heavy atom. The molecule has 1 amide bonds. The molecule has 33 heavy (non-hydrogen) atoms. The van der Waals surface area contributed by atoms with E-state index in [9.17, 15) is 9.18 Å². The zero-order valence-corrected chi connectivity index (χ0v) is 20.1. The summed E-state index contributed by atoms with van der Waals surface area (Å²) in [5.74, 6) is 0.226. The number of amides is 1. The Kier molecular flexibility index (Phi) is 6.04. The lowest BCUT2D eigenvalue weighted by Gasteiger charge is -2.38. The maximum atomic E-state index is 14.6. The predicted octanol–water partition coefficient (Wildman–Crippen LogP) is 6.07. The zero-order valence-electron chi connectivity index (χ0n) is 20.1. The first-order valence-corrected chi connectivity index (χ1v) is 11.7. The molecule has 5 nitrogen and oxygen atoms in total. The van der Waals surface area contributed by atoms with Gasteiger partial charge in [0.1, 0.15) is 17.2 Å². The number of rotatable bonds is 6. The van der Waals surface area contributed by atoms with Crippen LogP contribution in [-0.2, 0) is 11.1 Å². The molecular weight excluding hydrogens is 415 g/mol. The number of hydrogen-bond acceptors (Lipinski definition) is 3. The van der Waals surface area contributed by atoms with E-state index in [0.717, 1.165) is 18.4 Å². The van der Waals surface area contributed by atoms with Crippen LogP contribution in [0.4, 0.5) is 10.2 Å². The second-order valence-corrected chi connectivity index (χ2v) is 9.57. The quantitative estimate of drug-likeness (QED) is 0.481. The molecule has 174 valence electrons. The molecule has 0 radical (unpaired) electrons. The van der Waals surface area contributed by atoms with Crippen LogP contribution in [-0.4, -0.2) is 15.7 Å². The highest BCUT2D eigenvalue weighted by Crippen LogP contribution is 2.42. The summed E-state index contributed by atoms with van der Waals surface area (Å²) in [6, 6.07) is 16.7. The molecule has 6 heteroatoms. The van der Waals surface area contributed by atoms with Crippen molar-refractivity contribution in [1.29, 1.82) is 0 Å². The Morgan fingerprint density at radius 2 is 1.79 bits per heavy atom. The molecule has 2 N–H and O–H groups in total. The number of anilines is 1. The molecule has 2 aromatic carbocycles. The van der Waals surface area contributed by atoms with E-state index in [2.05, 4.69) is 50.5 Å². The number of halogens is 1. The van der Waals surface area contributed by atoms with Crippen LogP contribution >= 0.6 is 0 Å². The van der Waals surface area contributed by atoms with E-state index >= 15 is 0 Å². The van der Waals surface area contributed by atoms with E-state index in [-0.39, 0.29) is 23.3 Å². The second-order valence-electron chi connectivity index (χ2n) is 9.57. The smallest absolute Gasteiger partial charge is 0.257 e. The largest absolute Gasteiger partial charge is 0.363 e. The lowest BCUT2D eigenvalue weighted by Crippen LogP contribution is -2.45. The maximum Gasteiger partial charge on any atom is 0.257 e. The van der Waals surface area contributed by atoms with E-state index in [1.807, 2.05) is 35.9 Å². The minimum atomic E-state index is -0.477. The van der Waals surface area contributed by atoms with Gasteiger partial charge in [-0.15, -0.1) is 0 Å². The van der Waals surface area contributed by atoms with Gasteiger partial charge in [-0.25, -0.2) is 9.07 Å². The molecular formula is C27H33FN4O. The standard InChI is InChI=1S/C27H33FN4O/c1-6-27(7-2,19-13-9-8-10-14-19)30-25(33)23-18(3)31-32-24(23)29-22(17-26(32,4)5)20-15-11-12-16-21(20)28/h8-16,22,29H,6-7,17H2,1-5H3,(H,30,33). The molecule has 0 fully saturated rings. The van der Waals surface area contributed by atoms with Crippen LogP contribution in [0, 0.1) is 12.7 Å². The van der Waals surface area contributed by atoms with Crippen molar-refractivity contribution in [3.05, 3.63) is 82.8 Å². The normalized spacial score (nSPS) is 17.2. The molecule has 1 unspecified atom stereocenters. The third-order valence-electron chi connectivity index (χ3n) is 7.04. The number of nitrogens with zero attached hydrogens (tertiary/aromatic N) is 2. The highest BCUT2D eigenvalue weighted by Gasteiger charge is 2.40. The molecule has 2 heterocycles. The Labute approximate surface area is 195 Å². The molecule has 0 spiro atoms. The molecule has 1 aliphatic rings. The first-order chi connectivity index (χ1) is 15.7. The molecule has 1 aliphatic heterocycles. The highest BCUT2D eigenvalue weighted by molar-refractivity contribution is 6.00. The number of carbonyl (C=O) groups is 1. The van der Waals surface area contributed by atoms with Crippen LogP contribution < -0.4 is 10.6 Å². The van der Waals surface area contributed by atoms with Gasteiger partial charge in [-0.05, 0) is 51.7 Å². The fourth-order valence-electron chi connectivity index (χ4n) is 5.06. The molecule has 0 bridgehead atoms. The molecule has 1 aromatic heterocycles. The van der Waals surface area contributed by atoms with Gasteiger partial charge in [-0.3, -0.25) is 4.79 Å². The average molecular weight is 449 g/mol. The molecule has 0 saturated carbocycles. The Bertz CT molecular complexity index is 1150. The third-order valence-corrected chi connectivity index (χ3v) is 7.04. The molecule has 1 atom stereocenters. The number of carbonyl (C=O) groups excluding carboxylic acids is 1. The Morgan fingerprint density at radius 1 is 1.15 bits per heavy atom. The maximum absolute atomic E-state index is 14.6. The number of fused-ring (bicyclic) bond motifs is 1. The first-order valence-electron chi connectivity index (χ1n) is 11.7. The van der Waals surface area contributed by atoms with Crippen LogP contribution in [0.1, 0.15) is 80.2 Å². The van der Waals surface area contributed by atoms with Crippen molar-refractivity contribution in [2.75, 3.05) is 5.32 Å². The molecule has 4 rings (SSSR count). The van der Waals surface area contributed by atoms with Crippen LogP contribution in [0.15, 0.2) is 54.6 Å². The lowest BCUT2D eigenvalue weighted by molar-refractivity contribution is 0.0889. The minimum Gasteiger partial charge on any atom is -0.363 e. The van der Waals surface area contributed by atoms with E-state index in [0.29, 0.717) is 29.1 Å². The van der Waals surface area contributed by atoms with Crippen LogP contribution in [0.5, 0.6) is 0 Å².